The number of aliphatic carboxylic acids is 1. The van der Waals surface area contributed by atoms with E-state index in [0.29, 0.717) is 12.8 Å². The van der Waals surface area contributed by atoms with Crippen molar-refractivity contribution >= 4 is 11.9 Å². The number of carbonyl (C=O) groups excluding carboxylic acids is 1. The van der Waals surface area contributed by atoms with Gasteiger partial charge >= 0.3 is 5.97 Å². The molecule has 0 spiro atoms. The van der Waals surface area contributed by atoms with Crippen LogP contribution in [0.3, 0.4) is 0 Å². The van der Waals surface area contributed by atoms with Gasteiger partial charge in [-0.25, -0.2) is 0 Å². The average Bonchev–Trinajstić information content (AvgIpc) is 2.15. The lowest BCUT2D eigenvalue weighted by molar-refractivity contribution is -0.141. The van der Waals surface area contributed by atoms with E-state index in [1.807, 2.05) is 0 Å². The van der Waals surface area contributed by atoms with Crippen molar-refractivity contribution in [2.45, 2.75) is 37.3 Å². The molecule has 4 N–H and O–H groups in total. The SMILES string of the molecule is COC(CN)C(=O)NC1(CC(=O)O)CCC1. The zero-order chi connectivity index (χ0) is 12.2. The quantitative estimate of drug-likeness (QED) is 0.569. The summed E-state index contributed by atoms with van der Waals surface area (Å²) in [6.45, 7) is 0.0888. The Kier molecular flexibility index (Phi) is 4.26. The molecule has 1 saturated carbocycles. The lowest BCUT2D eigenvalue weighted by Crippen LogP contribution is -2.58. The second-order valence-electron chi connectivity index (χ2n) is 4.15. The highest BCUT2D eigenvalue weighted by Gasteiger charge is 2.41. The molecule has 16 heavy (non-hydrogen) atoms. The van der Waals surface area contributed by atoms with E-state index in [1.54, 1.807) is 0 Å². The van der Waals surface area contributed by atoms with Crippen molar-refractivity contribution in [2.24, 2.45) is 5.73 Å². The first-order valence-electron chi connectivity index (χ1n) is 5.30. The van der Waals surface area contributed by atoms with E-state index in [0.717, 1.165) is 6.42 Å². The van der Waals surface area contributed by atoms with Crippen molar-refractivity contribution in [3.63, 3.8) is 0 Å². The van der Waals surface area contributed by atoms with Crippen LogP contribution in [-0.4, -0.2) is 42.3 Å². The molecule has 0 aromatic heterocycles. The van der Waals surface area contributed by atoms with Crippen LogP contribution in [0.4, 0.5) is 0 Å². The number of nitrogens with one attached hydrogen (secondary N) is 1. The molecule has 1 aliphatic carbocycles. The van der Waals surface area contributed by atoms with Crippen LogP contribution in [0.5, 0.6) is 0 Å². The predicted molar refractivity (Wildman–Crippen MR) is 56.8 cm³/mol. The molecule has 0 heterocycles. The van der Waals surface area contributed by atoms with Gasteiger partial charge in [-0.2, -0.15) is 0 Å². The highest BCUT2D eigenvalue weighted by atomic mass is 16.5. The third-order valence-corrected chi connectivity index (χ3v) is 2.98. The summed E-state index contributed by atoms with van der Waals surface area (Å²) in [7, 11) is 1.40. The molecule has 1 rings (SSSR count). The fraction of sp³-hybridized carbons (Fsp3) is 0.800. The van der Waals surface area contributed by atoms with Crippen molar-refractivity contribution < 1.29 is 19.4 Å². The summed E-state index contributed by atoms with van der Waals surface area (Å²) in [5.41, 5.74) is 4.77. The third kappa shape index (κ3) is 2.93. The summed E-state index contributed by atoms with van der Waals surface area (Å²) in [5, 5.41) is 11.5. The Morgan fingerprint density at radius 3 is 2.50 bits per heavy atom. The smallest absolute Gasteiger partial charge is 0.305 e. The molecule has 0 aliphatic heterocycles. The zero-order valence-corrected chi connectivity index (χ0v) is 9.36. The van der Waals surface area contributed by atoms with Crippen LogP contribution in [-0.2, 0) is 14.3 Å². The van der Waals surface area contributed by atoms with Crippen LogP contribution in [0.1, 0.15) is 25.7 Å². The van der Waals surface area contributed by atoms with Gasteiger partial charge in [0.15, 0.2) is 0 Å². The van der Waals surface area contributed by atoms with E-state index in [4.69, 9.17) is 15.6 Å². The molecule has 1 fully saturated rings. The minimum atomic E-state index is -0.901. The largest absolute Gasteiger partial charge is 0.481 e. The van der Waals surface area contributed by atoms with Gasteiger partial charge in [-0.1, -0.05) is 0 Å². The zero-order valence-electron chi connectivity index (χ0n) is 9.36. The molecular weight excluding hydrogens is 212 g/mol. The van der Waals surface area contributed by atoms with Crippen molar-refractivity contribution in [2.75, 3.05) is 13.7 Å². The number of ether oxygens (including phenoxy) is 1. The van der Waals surface area contributed by atoms with Crippen molar-refractivity contribution in [1.82, 2.24) is 5.32 Å². The van der Waals surface area contributed by atoms with Gasteiger partial charge in [-0.05, 0) is 19.3 Å². The average molecular weight is 230 g/mol. The van der Waals surface area contributed by atoms with Crippen molar-refractivity contribution in [1.29, 1.82) is 0 Å². The standard InChI is InChI=1S/C10H18N2O4/c1-16-7(6-11)9(15)12-10(3-2-4-10)5-8(13)14/h7H,2-6,11H2,1H3,(H,12,15)(H,13,14). The van der Waals surface area contributed by atoms with Gasteiger partial charge < -0.3 is 20.9 Å². The van der Waals surface area contributed by atoms with E-state index in [9.17, 15) is 9.59 Å². The second kappa shape index (κ2) is 5.27. The molecule has 1 atom stereocenters. The normalized spacial score (nSPS) is 19.6. The highest BCUT2D eigenvalue weighted by molar-refractivity contribution is 5.82. The Bertz CT molecular complexity index is 272. The number of carboxylic acids is 1. The van der Waals surface area contributed by atoms with Gasteiger partial charge in [0.05, 0.1) is 12.0 Å². The summed E-state index contributed by atoms with van der Waals surface area (Å²) in [6, 6.07) is 0. The molecule has 6 heteroatoms. The number of amides is 1. The van der Waals surface area contributed by atoms with Crippen LogP contribution in [0.25, 0.3) is 0 Å². The molecule has 1 amide bonds. The predicted octanol–water partition coefficient (Wildman–Crippen LogP) is -0.526. The first kappa shape index (κ1) is 12.9. The lowest BCUT2D eigenvalue weighted by Gasteiger charge is -2.42. The molecule has 6 nitrogen and oxygen atoms in total. The van der Waals surface area contributed by atoms with E-state index < -0.39 is 17.6 Å². The van der Waals surface area contributed by atoms with E-state index in [-0.39, 0.29) is 18.9 Å². The van der Waals surface area contributed by atoms with Gasteiger partial charge in [-0.15, -0.1) is 0 Å². The van der Waals surface area contributed by atoms with Gasteiger partial charge in [0.2, 0.25) is 0 Å². The van der Waals surface area contributed by atoms with Crippen molar-refractivity contribution in [3.8, 4) is 0 Å². The molecular formula is C10H18N2O4. The minimum absolute atomic E-state index is 0.0419. The molecule has 0 saturated heterocycles. The third-order valence-electron chi connectivity index (χ3n) is 2.98. The van der Waals surface area contributed by atoms with Crippen LogP contribution in [0, 0.1) is 0 Å². The Labute approximate surface area is 94.1 Å². The highest BCUT2D eigenvalue weighted by Crippen LogP contribution is 2.34. The Hall–Kier alpha value is -1.14. The van der Waals surface area contributed by atoms with Crippen LogP contribution >= 0.6 is 0 Å². The summed E-state index contributed by atoms with van der Waals surface area (Å²) < 4.78 is 4.90. The van der Waals surface area contributed by atoms with Crippen LogP contribution in [0.2, 0.25) is 0 Å². The van der Waals surface area contributed by atoms with Gasteiger partial charge in [0.1, 0.15) is 6.10 Å². The number of rotatable bonds is 6. The van der Waals surface area contributed by atoms with E-state index in [2.05, 4.69) is 5.32 Å². The molecule has 0 radical (unpaired) electrons. The lowest BCUT2D eigenvalue weighted by atomic mass is 9.74. The van der Waals surface area contributed by atoms with Crippen LogP contribution in [0.15, 0.2) is 0 Å². The molecule has 0 aromatic rings. The number of nitrogens with two attached hydrogens (primary N) is 1. The van der Waals surface area contributed by atoms with Crippen LogP contribution < -0.4 is 11.1 Å². The Morgan fingerprint density at radius 1 is 1.56 bits per heavy atom. The first-order valence-corrected chi connectivity index (χ1v) is 5.30. The molecule has 0 bridgehead atoms. The topological polar surface area (TPSA) is 102 Å². The molecule has 1 aliphatic rings. The monoisotopic (exact) mass is 230 g/mol. The van der Waals surface area contributed by atoms with Gasteiger partial charge in [0.25, 0.3) is 5.91 Å². The number of methoxy groups -OCH3 is 1. The maximum absolute atomic E-state index is 11.7. The Morgan fingerprint density at radius 2 is 2.19 bits per heavy atom. The van der Waals surface area contributed by atoms with Gasteiger partial charge in [-0.3, -0.25) is 9.59 Å². The maximum Gasteiger partial charge on any atom is 0.305 e. The Balaban J connectivity index is 2.56. The maximum atomic E-state index is 11.7. The fourth-order valence-corrected chi connectivity index (χ4v) is 1.89. The number of carboxylic acid groups (broad SMARTS) is 1. The van der Waals surface area contributed by atoms with Crippen molar-refractivity contribution in [3.05, 3.63) is 0 Å². The van der Waals surface area contributed by atoms with E-state index >= 15 is 0 Å². The number of hydrogen-bond acceptors (Lipinski definition) is 4. The van der Waals surface area contributed by atoms with E-state index in [1.165, 1.54) is 7.11 Å². The second-order valence-corrected chi connectivity index (χ2v) is 4.15. The fourth-order valence-electron chi connectivity index (χ4n) is 1.89. The summed E-state index contributed by atoms with van der Waals surface area (Å²) in [6.07, 6.45) is 1.59. The minimum Gasteiger partial charge on any atom is -0.481 e. The number of carbonyl (C=O) groups is 2. The molecule has 92 valence electrons. The first-order chi connectivity index (χ1) is 7.53. The molecule has 1 unspecified atom stereocenters. The number of hydrogen-bond donors (Lipinski definition) is 3. The summed E-state index contributed by atoms with van der Waals surface area (Å²) >= 11 is 0. The molecule has 0 aromatic carbocycles. The summed E-state index contributed by atoms with van der Waals surface area (Å²) in [4.78, 5) is 22.4. The summed E-state index contributed by atoms with van der Waals surface area (Å²) in [5.74, 6) is -1.23. The van der Waals surface area contributed by atoms with Gasteiger partial charge in [0, 0.05) is 13.7 Å².